The molecule has 0 aliphatic heterocycles. The first-order valence-electron chi connectivity index (χ1n) is 7.70. The summed E-state index contributed by atoms with van der Waals surface area (Å²) in [5.74, 6) is 0.420. The fourth-order valence-electron chi connectivity index (χ4n) is 2.60. The van der Waals surface area contributed by atoms with Crippen molar-refractivity contribution in [3.05, 3.63) is 36.9 Å². The highest BCUT2D eigenvalue weighted by atomic mass is 16.2. The van der Waals surface area contributed by atoms with E-state index in [2.05, 4.69) is 51.4 Å². The van der Waals surface area contributed by atoms with E-state index in [1.54, 1.807) is 23.3 Å². The van der Waals surface area contributed by atoms with Crippen molar-refractivity contribution in [2.45, 2.75) is 20.4 Å². The highest BCUT2D eigenvalue weighted by Crippen LogP contribution is 2.26. The summed E-state index contributed by atoms with van der Waals surface area (Å²) in [7, 11) is 0. The molecule has 120 valence electrons. The lowest BCUT2D eigenvalue weighted by molar-refractivity contribution is -0.116. The van der Waals surface area contributed by atoms with Crippen LogP contribution in [0, 0.1) is 0 Å². The number of fused-ring (bicyclic) bond motifs is 1. The Morgan fingerprint density at radius 1 is 1.35 bits per heavy atom. The molecule has 2 heterocycles. The molecule has 0 saturated heterocycles. The smallest absolute Gasteiger partial charge is 0.245 e. The minimum Gasteiger partial charge on any atom is -0.372 e. The number of carbonyl (C=O) groups is 1. The maximum Gasteiger partial charge on any atom is 0.245 e. The normalized spacial score (nSPS) is 10.9. The van der Waals surface area contributed by atoms with Crippen LogP contribution in [-0.4, -0.2) is 38.7 Å². The summed E-state index contributed by atoms with van der Waals surface area (Å²) in [4.78, 5) is 18.3. The van der Waals surface area contributed by atoms with Crippen molar-refractivity contribution >= 4 is 28.3 Å². The molecule has 3 aromatic rings. The van der Waals surface area contributed by atoms with Gasteiger partial charge < -0.3 is 14.8 Å². The zero-order valence-corrected chi connectivity index (χ0v) is 13.3. The van der Waals surface area contributed by atoms with Gasteiger partial charge in [-0.3, -0.25) is 9.89 Å². The molecule has 23 heavy (non-hydrogen) atoms. The molecular weight excluding hydrogens is 292 g/mol. The second-order valence-electron chi connectivity index (χ2n) is 5.26. The van der Waals surface area contributed by atoms with E-state index in [4.69, 9.17) is 0 Å². The Kier molecular flexibility index (Phi) is 4.27. The van der Waals surface area contributed by atoms with E-state index in [-0.39, 0.29) is 12.5 Å². The molecule has 0 spiro atoms. The van der Waals surface area contributed by atoms with E-state index in [9.17, 15) is 4.79 Å². The van der Waals surface area contributed by atoms with Gasteiger partial charge in [-0.1, -0.05) is 0 Å². The van der Waals surface area contributed by atoms with E-state index in [1.807, 2.05) is 6.07 Å². The van der Waals surface area contributed by atoms with Gasteiger partial charge in [0, 0.05) is 36.6 Å². The molecule has 0 fully saturated rings. The van der Waals surface area contributed by atoms with Gasteiger partial charge in [0.25, 0.3) is 0 Å². The molecule has 3 rings (SSSR count). The van der Waals surface area contributed by atoms with E-state index in [1.165, 1.54) is 0 Å². The SMILES string of the molecule is CCN(CC)c1ccc2[nH]nc(NC(=O)Cn3ccnc3)c2c1. The molecule has 2 aromatic heterocycles. The van der Waals surface area contributed by atoms with E-state index in [0.717, 1.165) is 29.7 Å². The summed E-state index contributed by atoms with van der Waals surface area (Å²) >= 11 is 0. The number of imidazole rings is 1. The molecule has 7 heteroatoms. The number of amides is 1. The number of rotatable bonds is 6. The van der Waals surface area contributed by atoms with Crippen molar-refractivity contribution in [2.24, 2.45) is 0 Å². The highest BCUT2D eigenvalue weighted by molar-refractivity contribution is 6.00. The molecule has 2 N–H and O–H groups in total. The minimum atomic E-state index is -0.135. The summed E-state index contributed by atoms with van der Waals surface area (Å²) in [6.45, 7) is 6.32. The van der Waals surface area contributed by atoms with Crippen molar-refractivity contribution in [1.29, 1.82) is 0 Å². The zero-order valence-electron chi connectivity index (χ0n) is 13.3. The molecule has 0 unspecified atom stereocenters. The number of anilines is 2. The van der Waals surface area contributed by atoms with Crippen LogP contribution < -0.4 is 10.2 Å². The molecule has 1 aromatic carbocycles. The first-order chi connectivity index (χ1) is 11.2. The molecule has 1 amide bonds. The van der Waals surface area contributed by atoms with E-state index >= 15 is 0 Å². The summed E-state index contributed by atoms with van der Waals surface area (Å²) in [5, 5.41) is 10.9. The molecule has 0 aliphatic carbocycles. The van der Waals surface area contributed by atoms with Gasteiger partial charge in [-0.2, -0.15) is 5.10 Å². The predicted molar refractivity (Wildman–Crippen MR) is 90.5 cm³/mol. The fourth-order valence-corrected chi connectivity index (χ4v) is 2.60. The van der Waals surface area contributed by atoms with Crippen molar-refractivity contribution in [1.82, 2.24) is 19.7 Å². The Hall–Kier alpha value is -2.83. The Balaban J connectivity index is 1.83. The van der Waals surface area contributed by atoms with Crippen LogP contribution in [0.3, 0.4) is 0 Å². The van der Waals surface area contributed by atoms with Crippen LogP contribution in [0.4, 0.5) is 11.5 Å². The second kappa shape index (κ2) is 6.51. The van der Waals surface area contributed by atoms with Crippen molar-refractivity contribution in [3.8, 4) is 0 Å². The van der Waals surface area contributed by atoms with Gasteiger partial charge in [0.05, 0.1) is 11.8 Å². The summed E-state index contributed by atoms with van der Waals surface area (Å²) < 4.78 is 1.71. The summed E-state index contributed by atoms with van der Waals surface area (Å²) in [6.07, 6.45) is 5.01. The standard InChI is InChI=1S/C16H20N6O/c1-3-22(4-2)12-5-6-14-13(9-12)16(20-19-14)18-15(23)10-21-8-7-17-11-21/h5-9,11H,3-4,10H2,1-2H3,(H2,18,19,20,23). The monoisotopic (exact) mass is 312 g/mol. The Bertz CT molecular complexity index is 788. The van der Waals surface area contributed by atoms with Crippen LogP contribution >= 0.6 is 0 Å². The van der Waals surface area contributed by atoms with Crippen LogP contribution in [-0.2, 0) is 11.3 Å². The number of benzene rings is 1. The Morgan fingerprint density at radius 2 is 2.17 bits per heavy atom. The first kappa shape index (κ1) is 15.1. The number of H-pyrrole nitrogens is 1. The summed E-state index contributed by atoms with van der Waals surface area (Å²) in [5.41, 5.74) is 2.02. The van der Waals surface area contributed by atoms with Crippen LogP contribution in [0.1, 0.15) is 13.8 Å². The van der Waals surface area contributed by atoms with Crippen LogP contribution in [0.2, 0.25) is 0 Å². The van der Waals surface area contributed by atoms with Gasteiger partial charge in [0.2, 0.25) is 5.91 Å². The predicted octanol–water partition coefficient (Wildman–Crippen LogP) is 2.24. The molecule has 0 radical (unpaired) electrons. The minimum absolute atomic E-state index is 0.135. The average molecular weight is 312 g/mol. The van der Waals surface area contributed by atoms with Crippen molar-refractivity contribution < 1.29 is 4.79 Å². The maximum atomic E-state index is 12.1. The number of carbonyl (C=O) groups excluding carboxylic acids is 1. The van der Waals surface area contributed by atoms with Gasteiger partial charge in [-0.25, -0.2) is 4.98 Å². The van der Waals surface area contributed by atoms with Crippen LogP contribution in [0.25, 0.3) is 10.9 Å². The quantitative estimate of drug-likeness (QED) is 0.731. The lowest BCUT2D eigenvalue weighted by atomic mass is 10.2. The highest BCUT2D eigenvalue weighted by Gasteiger charge is 2.12. The molecule has 0 saturated carbocycles. The summed E-state index contributed by atoms with van der Waals surface area (Å²) in [6, 6.07) is 6.10. The number of nitrogens with one attached hydrogen (secondary N) is 2. The number of hydrogen-bond acceptors (Lipinski definition) is 4. The van der Waals surface area contributed by atoms with E-state index in [0.29, 0.717) is 5.82 Å². The van der Waals surface area contributed by atoms with Crippen molar-refractivity contribution in [2.75, 3.05) is 23.3 Å². The number of nitrogens with zero attached hydrogens (tertiary/aromatic N) is 4. The van der Waals surface area contributed by atoms with Gasteiger partial charge in [-0.15, -0.1) is 0 Å². The number of hydrogen-bond donors (Lipinski definition) is 2. The van der Waals surface area contributed by atoms with Gasteiger partial charge >= 0.3 is 0 Å². The fraction of sp³-hybridized carbons (Fsp3) is 0.312. The molecule has 0 bridgehead atoms. The van der Waals surface area contributed by atoms with Crippen LogP contribution in [0.15, 0.2) is 36.9 Å². The lowest BCUT2D eigenvalue weighted by Crippen LogP contribution is -2.21. The van der Waals surface area contributed by atoms with Crippen LogP contribution in [0.5, 0.6) is 0 Å². The van der Waals surface area contributed by atoms with E-state index < -0.39 is 0 Å². The second-order valence-corrected chi connectivity index (χ2v) is 5.26. The third-order valence-electron chi connectivity index (χ3n) is 3.82. The Morgan fingerprint density at radius 3 is 2.87 bits per heavy atom. The third kappa shape index (κ3) is 3.18. The lowest BCUT2D eigenvalue weighted by Gasteiger charge is -2.20. The number of aromatic amines is 1. The maximum absolute atomic E-state index is 12.1. The average Bonchev–Trinajstić information content (AvgIpc) is 3.19. The number of aromatic nitrogens is 4. The zero-order chi connectivity index (χ0) is 16.2. The first-order valence-corrected chi connectivity index (χ1v) is 7.70. The third-order valence-corrected chi connectivity index (χ3v) is 3.82. The van der Waals surface area contributed by atoms with Crippen molar-refractivity contribution in [3.63, 3.8) is 0 Å². The molecular formula is C16H20N6O. The molecule has 0 atom stereocenters. The largest absolute Gasteiger partial charge is 0.372 e. The Labute approximate surface area is 134 Å². The van der Waals surface area contributed by atoms with Gasteiger partial charge in [0.15, 0.2) is 5.82 Å². The topological polar surface area (TPSA) is 78.8 Å². The molecule has 0 aliphatic rings. The van der Waals surface area contributed by atoms with Gasteiger partial charge in [-0.05, 0) is 32.0 Å². The molecule has 7 nitrogen and oxygen atoms in total. The van der Waals surface area contributed by atoms with Gasteiger partial charge in [0.1, 0.15) is 6.54 Å².